The highest BCUT2D eigenvalue weighted by molar-refractivity contribution is 5.95. The Morgan fingerprint density at radius 2 is 1.97 bits per heavy atom. The Hall–Kier alpha value is -3.21. The van der Waals surface area contributed by atoms with E-state index >= 15 is 0 Å². The Morgan fingerprint density at radius 3 is 2.60 bits per heavy atom. The molecular weight excluding hydrogens is 459 g/mol. The molecule has 1 saturated heterocycles. The topological polar surface area (TPSA) is 103 Å². The van der Waals surface area contributed by atoms with Crippen LogP contribution in [0.25, 0.3) is 0 Å². The van der Waals surface area contributed by atoms with Crippen molar-refractivity contribution in [3.8, 4) is 0 Å². The lowest BCUT2D eigenvalue weighted by Crippen LogP contribution is -2.49. The predicted octanol–water partition coefficient (Wildman–Crippen LogP) is 3.04. The largest absolute Gasteiger partial charge is 0.428 e. The van der Waals surface area contributed by atoms with E-state index in [0.717, 1.165) is 68.8 Å². The molecule has 0 aromatic carbocycles. The summed E-state index contributed by atoms with van der Waals surface area (Å²) < 4.78 is 36.4. The number of alkyl halides is 3. The summed E-state index contributed by atoms with van der Waals surface area (Å²) in [6, 6.07) is 8.01. The number of piperazine rings is 1. The fraction of sp³-hybridized carbons (Fsp3) is 0.500. The van der Waals surface area contributed by atoms with Gasteiger partial charge in [0.25, 0.3) is 5.56 Å². The van der Waals surface area contributed by atoms with Crippen LogP contribution in [-0.4, -0.2) is 65.3 Å². The van der Waals surface area contributed by atoms with E-state index in [9.17, 15) is 18.0 Å². The van der Waals surface area contributed by atoms with Crippen LogP contribution in [0, 0.1) is 0 Å². The third kappa shape index (κ3) is 6.27. The van der Waals surface area contributed by atoms with Crippen LogP contribution in [0.15, 0.2) is 45.5 Å². The highest BCUT2D eigenvalue weighted by Gasteiger charge is 2.32. The quantitative estimate of drug-likeness (QED) is 0.369. The lowest BCUT2D eigenvalue weighted by atomic mass is 10.0. The summed E-state index contributed by atoms with van der Waals surface area (Å²) >= 11 is 0. The molecule has 188 valence electrons. The van der Waals surface area contributed by atoms with Gasteiger partial charge in [-0.3, -0.25) is 14.7 Å². The van der Waals surface area contributed by atoms with Crippen molar-refractivity contribution in [2.45, 2.75) is 50.7 Å². The Balaban J connectivity index is 1.30. The fourth-order valence-corrected chi connectivity index (χ4v) is 4.89. The maximum Gasteiger partial charge on any atom is 0.428 e. The summed E-state index contributed by atoms with van der Waals surface area (Å²) in [5, 5.41) is 6.31. The summed E-state index contributed by atoms with van der Waals surface area (Å²) in [5.74, 6) is 0.212. The third-order valence-electron chi connectivity index (χ3n) is 6.81. The van der Waals surface area contributed by atoms with E-state index in [1.165, 1.54) is 0 Å². The van der Waals surface area contributed by atoms with E-state index in [0.29, 0.717) is 12.0 Å². The van der Waals surface area contributed by atoms with Crippen molar-refractivity contribution in [2.75, 3.05) is 31.1 Å². The zero-order chi connectivity index (χ0) is 25.0. The summed E-state index contributed by atoms with van der Waals surface area (Å²) in [7, 11) is 0. The first kappa shape index (κ1) is 24.9. The van der Waals surface area contributed by atoms with E-state index in [1.807, 2.05) is 19.1 Å². The average molecular weight is 490 g/mol. The van der Waals surface area contributed by atoms with Crippen LogP contribution in [0.1, 0.15) is 49.1 Å². The van der Waals surface area contributed by atoms with E-state index in [-0.39, 0.29) is 23.3 Å². The highest BCUT2D eigenvalue weighted by atomic mass is 19.4. The number of hydrogen-bond donors (Lipinski definition) is 2. The predicted molar refractivity (Wildman–Crippen MR) is 130 cm³/mol. The number of pyridine rings is 2. The van der Waals surface area contributed by atoms with Gasteiger partial charge in [-0.15, -0.1) is 5.10 Å². The van der Waals surface area contributed by atoms with Crippen molar-refractivity contribution in [1.82, 2.24) is 14.9 Å². The second-order valence-electron chi connectivity index (χ2n) is 8.98. The minimum atomic E-state index is -4.54. The van der Waals surface area contributed by atoms with Gasteiger partial charge in [-0.2, -0.15) is 18.3 Å². The maximum atomic E-state index is 12.2. The average Bonchev–Trinajstić information content (AvgIpc) is 3.34. The monoisotopic (exact) mass is 489 g/mol. The molecule has 2 fully saturated rings. The minimum Gasteiger partial charge on any atom is -0.380 e. The maximum absolute atomic E-state index is 12.2. The second kappa shape index (κ2) is 10.6. The Morgan fingerprint density at radius 1 is 1.20 bits per heavy atom. The van der Waals surface area contributed by atoms with Crippen molar-refractivity contribution < 1.29 is 13.2 Å². The molecule has 2 aliphatic rings. The molecule has 1 saturated carbocycles. The molecule has 2 aromatic rings. The van der Waals surface area contributed by atoms with Gasteiger partial charge >= 0.3 is 6.18 Å². The standard InChI is InChI=1S/C24H30F3N7O/c1-2-16-4-7-20(31-23(16)35)17-3-5-18(13-17)33-9-11-34(12-10-33)19-6-8-21(29-14-19)22(28)32-30-15-24(25,26)27/h4,6-8,14-15,17-18H,2-3,5,9-13H2,1H3,(H2,28,32)(H,31,35)/b30-15+/t17-,18+/m1/s1. The molecule has 11 heteroatoms. The van der Waals surface area contributed by atoms with Gasteiger partial charge in [0.2, 0.25) is 0 Å². The van der Waals surface area contributed by atoms with Crippen molar-refractivity contribution in [2.24, 2.45) is 15.9 Å². The first-order valence-electron chi connectivity index (χ1n) is 11.9. The van der Waals surface area contributed by atoms with Crippen LogP contribution in [0.4, 0.5) is 18.9 Å². The van der Waals surface area contributed by atoms with Gasteiger partial charge in [0.1, 0.15) is 11.9 Å². The molecule has 0 bridgehead atoms. The van der Waals surface area contributed by atoms with E-state index in [4.69, 9.17) is 5.73 Å². The zero-order valence-corrected chi connectivity index (χ0v) is 19.6. The van der Waals surface area contributed by atoms with Gasteiger partial charge < -0.3 is 15.6 Å². The molecule has 8 nitrogen and oxygen atoms in total. The van der Waals surface area contributed by atoms with Crippen molar-refractivity contribution >= 4 is 17.7 Å². The van der Waals surface area contributed by atoms with E-state index < -0.39 is 6.18 Å². The number of anilines is 1. The summed E-state index contributed by atoms with van der Waals surface area (Å²) in [6.45, 7) is 5.55. The third-order valence-corrected chi connectivity index (χ3v) is 6.81. The van der Waals surface area contributed by atoms with Gasteiger partial charge in [-0.1, -0.05) is 13.0 Å². The molecule has 3 N–H and O–H groups in total. The van der Waals surface area contributed by atoms with Crippen LogP contribution >= 0.6 is 0 Å². The number of nitrogens with zero attached hydrogens (tertiary/aromatic N) is 5. The molecule has 0 radical (unpaired) electrons. The van der Waals surface area contributed by atoms with Crippen molar-refractivity contribution in [1.29, 1.82) is 0 Å². The Kier molecular flexibility index (Phi) is 7.54. The Labute approximate surface area is 201 Å². The molecule has 0 amide bonds. The van der Waals surface area contributed by atoms with Crippen LogP contribution in [0.2, 0.25) is 0 Å². The number of hydrogen-bond acceptors (Lipinski definition) is 6. The SMILES string of the molecule is CCc1ccc([C@@H]2CC[C@H](N3CCN(c4ccc(/C(N)=N/N=C/C(F)(F)F)nc4)CC3)C2)[nH]c1=O. The van der Waals surface area contributed by atoms with E-state index in [2.05, 4.69) is 36.0 Å². The molecular formula is C24H30F3N7O. The molecule has 2 atom stereocenters. The fourth-order valence-electron chi connectivity index (χ4n) is 4.89. The molecule has 2 aromatic heterocycles. The van der Waals surface area contributed by atoms with Crippen LogP contribution in [-0.2, 0) is 6.42 Å². The lowest BCUT2D eigenvalue weighted by Gasteiger charge is -2.39. The first-order valence-corrected chi connectivity index (χ1v) is 11.9. The summed E-state index contributed by atoms with van der Waals surface area (Å²) in [6.07, 6.45) is 0.879. The molecule has 35 heavy (non-hydrogen) atoms. The smallest absolute Gasteiger partial charge is 0.380 e. The van der Waals surface area contributed by atoms with Gasteiger partial charge in [0.15, 0.2) is 5.84 Å². The number of nitrogens with two attached hydrogens (primary N) is 1. The van der Waals surface area contributed by atoms with Crippen molar-refractivity contribution in [3.63, 3.8) is 0 Å². The van der Waals surface area contributed by atoms with Crippen LogP contribution in [0.3, 0.4) is 0 Å². The molecule has 1 aliphatic heterocycles. The second-order valence-corrected chi connectivity index (χ2v) is 8.98. The molecule has 3 heterocycles. The molecule has 0 unspecified atom stereocenters. The number of aromatic amines is 1. The molecule has 1 aliphatic carbocycles. The number of H-pyrrole nitrogens is 1. The zero-order valence-electron chi connectivity index (χ0n) is 19.6. The minimum absolute atomic E-state index is 0.0313. The van der Waals surface area contributed by atoms with E-state index in [1.54, 1.807) is 12.3 Å². The molecule has 4 rings (SSSR count). The molecule has 0 spiro atoms. The summed E-state index contributed by atoms with van der Waals surface area (Å²) in [4.78, 5) is 24.3. The van der Waals surface area contributed by atoms with Gasteiger partial charge in [0, 0.05) is 49.4 Å². The Bertz CT molecular complexity index is 1120. The number of rotatable bonds is 6. The lowest BCUT2D eigenvalue weighted by molar-refractivity contribution is -0.0537. The number of aryl methyl sites for hydroxylation is 1. The first-order chi connectivity index (χ1) is 16.7. The van der Waals surface area contributed by atoms with Gasteiger partial charge in [-0.05, 0) is 43.9 Å². The van der Waals surface area contributed by atoms with Crippen LogP contribution < -0.4 is 16.2 Å². The summed E-state index contributed by atoms with van der Waals surface area (Å²) in [5.41, 5.74) is 8.79. The van der Waals surface area contributed by atoms with Crippen molar-refractivity contribution in [3.05, 3.63) is 57.8 Å². The van der Waals surface area contributed by atoms with Gasteiger partial charge in [0.05, 0.1) is 11.9 Å². The number of halogens is 3. The van der Waals surface area contributed by atoms with Crippen LogP contribution in [0.5, 0.6) is 0 Å². The normalized spacial score (nSPS) is 22.3. The number of amidine groups is 1. The van der Waals surface area contributed by atoms with Gasteiger partial charge in [-0.25, -0.2) is 0 Å². The highest BCUT2D eigenvalue weighted by Crippen LogP contribution is 2.36. The number of aromatic nitrogens is 2. The number of nitrogens with one attached hydrogen (secondary N) is 1.